The van der Waals surface area contributed by atoms with Gasteiger partial charge < -0.3 is 4.57 Å². The molecule has 3 nitrogen and oxygen atoms in total. The molecule has 302 valence electrons. The van der Waals surface area contributed by atoms with E-state index in [-0.39, 0.29) is 0 Å². The summed E-state index contributed by atoms with van der Waals surface area (Å²) in [5.41, 5.74) is 13.1. The van der Waals surface area contributed by atoms with Crippen LogP contribution >= 0.6 is 0 Å². The standard InChI is InChI=1S/C62H39N3/c1-2-16-43(17-3-1)62-63-57(39-58(64-62)45-19-14-20-46(37-45)65-59-27-12-10-25-52(59)53-26-11-13-28-60(53)65)42-31-29-41(30-32-42)48-35-36-54(51-24-9-8-23-50(48)51)61-49-22-7-5-18-44(49)38-56-47-21-6-4-15-40(47)33-34-55(56)61/h1-39H. The van der Waals surface area contributed by atoms with Crippen molar-refractivity contribution in [2.45, 2.75) is 0 Å². The Morgan fingerprint density at radius 1 is 0.277 bits per heavy atom. The number of rotatable bonds is 6. The Hall–Kier alpha value is -8.66. The number of hydrogen-bond acceptors (Lipinski definition) is 2. The second kappa shape index (κ2) is 15.0. The lowest BCUT2D eigenvalue weighted by Crippen LogP contribution is -1.98. The Morgan fingerprint density at radius 2 is 0.831 bits per heavy atom. The summed E-state index contributed by atoms with van der Waals surface area (Å²) >= 11 is 0. The molecular weight excluding hydrogens is 787 g/mol. The summed E-state index contributed by atoms with van der Waals surface area (Å²) < 4.78 is 2.36. The van der Waals surface area contributed by atoms with Crippen molar-refractivity contribution in [3.63, 3.8) is 0 Å². The van der Waals surface area contributed by atoms with Crippen LogP contribution < -0.4 is 0 Å². The molecule has 13 rings (SSSR count). The van der Waals surface area contributed by atoms with Gasteiger partial charge in [0.2, 0.25) is 0 Å². The third-order valence-corrected chi connectivity index (χ3v) is 13.2. The summed E-state index contributed by atoms with van der Waals surface area (Å²) in [6, 6.07) is 85.3. The molecule has 0 aliphatic heterocycles. The van der Waals surface area contributed by atoms with Crippen LogP contribution in [-0.2, 0) is 0 Å². The minimum absolute atomic E-state index is 0.694. The van der Waals surface area contributed by atoms with Crippen LogP contribution in [0.15, 0.2) is 237 Å². The monoisotopic (exact) mass is 825 g/mol. The van der Waals surface area contributed by atoms with Crippen LogP contribution in [0.4, 0.5) is 0 Å². The maximum atomic E-state index is 5.21. The van der Waals surface area contributed by atoms with Crippen molar-refractivity contribution in [1.82, 2.24) is 14.5 Å². The normalized spacial score (nSPS) is 11.7. The maximum Gasteiger partial charge on any atom is 0.160 e. The Kier molecular flexibility index (Phi) is 8.53. The molecule has 0 atom stereocenters. The first-order chi connectivity index (χ1) is 32.2. The van der Waals surface area contributed by atoms with Gasteiger partial charge in [0.25, 0.3) is 0 Å². The molecule has 2 heterocycles. The number of aromatic nitrogens is 3. The van der Waals surface area contributed by atoms with E-state index in [2.05, 4.69) is 223 Å². The molecule has 0 aliphatic carbocycles. The largest absolute Gasteiger partial charge is 0.309 e. The number of fused-ring (bicyclic) bond motifs is 8. The van der Waals surface area contributed by atoms with Gasteiger partial charge in [0.05, 0.1) is 22.4 Å². The van der Waals surface area contributed by atoms with Crippen molar-refractivity contribution in [2.75, 3.05) is 0 Å². The van der Waals surface area contributed by atoms with Crippen molar-refractivity contribution < 1.29 is 0 Å². The van der Waals surface area contributed by atoms with E-state index >= 15 is 0 Å². The number of hydrogen-bond donors (Lipinski definition) is 0. The van der Waals surface area contributed by atoms with Crippen LogP contribution in [-0.4, -0.2) is 14.5 Å². The summed E-state index contributed by atoms with van der Waals surface area (Å²) in [7, 11) is 0. The number of benzene rings is 11. The first kappa shape index (κ1) is 36.9. The molecule has 0 N–H and O–H groups in total. The van der Waals surface area contributed by atoms with E-state index < -0.39 is 0 Å². The predicted molar refractivity (Wildman–Crippen MR) is 274 cm³/mol. The quantitative estimate of drug-likeness (QED) is 0.123. The van der Waals surface area contributed by atoms with E-state index in [1.54, 1.807) is 0 Å². The highest BCUT2D eigenvalue weighted by Gasteiger charge is 2.18. The highest BCUT2D eigenvalue weighted by molar-refractivity contribution is 6.23. The van der Waals surface area contributed by atoms with Gasteiger partial charge in [0.15, 0.2) is 5.82 Å². The van der Waals surface area contributed by atoms with Gasteiger partial charge in [0.1, 0.15) is 0 Å². The van der Waals surface area contributed by atoms with E-state index in [1.165, 1.54) is 81.6 Å². The Labute approximate surface area is 376 Å². The first-order valence-corrected chi connectivity index (χ1v) is 22.2. The van der Waals surface area contributed by atoms with Gasteiger partial charge in [-0.15, -0.1) is 0 Å². The van der Waals surface area contributed by atoms with Gasteiger partial charge in [-0.2, -0.15) is 0 Å². The zero-order valence-electron chi connectivity index (χ0n) is 35.4. The SMILES string of the molecule is c1ccc(-c2nc(-c3ccc(-c4ccc(-c5c6ccccc6cc6c5ccc5ccccc56)c5ccccc45)cc3)cc(-c3cccc(-n4c5ccccc5c5ccccc54)c3)n2)cc1. The predicted octanol–water partition coefficient (Wildman–Crippen LogP) is 16.5. The lowest BCUT2D eigenvalue weighted by Gasteiger charge is -2.17. The van der Waals surface area contributed by atoms with Crippen LogP contribution in [0.5, 0.6) is 0 Å². The minimum Gasteiger partial charge on any atom is -0.309 e. The topological polar surface area (TPSA) is 30.7 Å². The summed E-state index contributed by atoms with van der Waals surface area (Å²) in [5.74, 6) is 0.694. The van der Waals surface area contributed by atoms with Crippen molar-refractivity contribution >= 4 is 64.9 Å². The fourth-order valence-corrected chi connectivity index (χ4v) is 10.2. The van der Waals surface area contributed by atoms with Gasteiger partial charge in [-0.1, -0.05) is 200 Å². The van der Waals surface area contributed by atoms with E-state index in [9.17, 15) is 0 Å². The molecule has 0 saturated heterocycles. The van der Waals surface area contributed by atoms with Crippen LogP contribution in [0.3, 0.4) is 0 Å². The lowest BCUT2D eigenvalue weighted by molar-refractivity contribution is 1.16. The molecule has 0 unspecified atom stereocenters. The van der Waals surface area contributed by atoms with Crippen LogP contribution in [0.1, 0.15) is 0 Å². The molecule has 11 aromatic carbocycles. The molecule has 0 amide bonds. The molecule has 0 spiro atoms. The summed E-state index contributed by atoms with van der Waals surface area (Å²) in [6.07, 6.45) is 0. The third-order valence-electron chi connectivity index (χ3n) is 13.2. The van der Waals surface area contributed by atoms with Crippen molar-refractivity contribution in [2.24, 2.45) is 0 Å². The van der Waals surface area contributed by atoms with Gasteiger partial charge in [-0.05, 0) is 102 Å². The fraction of sp³-hybridized carbons (Fsp3) is 0. The summed E-state index contributed by atoms with van der Waals surface area (Å²) in [4.78, 5) is 10.4. The molecule has 0 radical (unpaired) electrons. The highest BCUT2D eigenvalue weighted by Crippen LogP contribution is 2.44. The van der Waals surface area contributed by atoms with Crippen molar-refractivity contribution in [3.8, 4) is 61.8 Å². The third kappa shape index (κ3) is 6.12. The van der Waals surface area contributed by atoms with E-state index in [4.69, 9.17) is 9.97 Å². The fourth-order valence-electron chi connectivity index (χ4n) is 10.2. The minimum atomic E-state index is 0.694. The van der Waals surface area contributed by atoms with E-state index in [0.717, 1.165) is 39.3 Å². The van der Waals surface area contributed by atoms with Crippen molar-refractivity contribution in [1.29, 1.82) is 0 Å². The molecule has 0 fully saturated rings. The number of para-hydroxylation sites is 2. The molecule has 3 heteroatoms. The Balaban J connectivity index is 0.923. The molecule has 0 bridgehead atoms. The summed E-state index contributed by atoms with van der Waals surface area (Å²) in [5, 5.41) is 12.5. The van der Waals surface area contributed by atoms with E-state index in [1.807, 2.05) is 18.2 Å². The highest BCUT2D eigenvalue weighted by atomic mass is 15.0. The van der Waals surface area contributed by atoms with Gasteiger partial charge in [-0.3, -0.25) is 0 Å². The van der Waals surface area contributed by atoms with Gasteiger partial charge in [0, 0.05) is 33.2 Å². The second-order valence-corrected chi connectivity index (χ2v) is 16.9. The lowest BCUT2D eigenvalue weighted by atomic mass is 9.86. The van der Waals surface area contributed by atoms with E-state index in [0.29, 0.717) is 5.82 Å². The second-order valence-electron chi connectivity index (χ2n) is 16.9. The smallest absolute Gasteiger partial charge is 0.160 e. The van der Waals surface area contributed by atoms with Crippen LogP contribution in [0.2, 0.25) is 0 Å². The Bertz CT molecular complexity index is 3940. The van der Waals surface area contributed by atoms with Crippen LogP contribution in [0.25, 0.3) is 127 Å². The summed E-state index contributed by atoms with van der Waals surface area (Å²) in [6.45, 7) is 0. The molecule has 65 heavy (non-hydrogen) atoms. The zero-order chi connectivity index (χ0) is 42.8. The number of nitrogens with zero attached hydrogens (tertiary/aromatic N) is 3. The molecule has 0 aliphatic rings. The molecule has 2 aromatic heterocycles. The molecular formula is C62H39N3. The van der Waals surface area contributed by atoms with Gasteiger partial charge in [-0.25, -0.2) is 9.97 Å². The Morgan fingerprint density at radius 3 is 1.57 bits per heavy atom. The molecule has 13 aromatic rings. The maximum absolute atomic E-state index is 5.21. The zero-order valence-corrected chi connectivity index (χ0v) is 35.4. The van der Waals surface area contributed by atoms with Crippen LogP contribution in [0, 0.1) is 0 Å². The first-order valence-electron chi connectivity index (χ1n) is 22.2. The average Bonchev–Trinajstić information content (AvgIpc) is 3.72. The van der Waals surface area contributed by atoms with Gasteiger partial charge >= 0.3 is 0 Å². The van der Waals surface area contributed by atoms with Crippen molar-refractivity contribution in [3.05, 3.63) is 237 Å². The average molecular weight is 826 g/mol. The molecule has 0 saturated carbocycles.